The van der Waals surface area contributed by atoms with Crippen molar-refractivity contribution in [1.82, 2.24) is 0 Å². The zero-order valence-corrected chi connectivity index (χ0v) is 10.6. The number of rotatable bonds is 4. The van der Waals surface area contributed by atoms with Gasteiger partial charge in [0.05, 0.1) is 9.82 Å². The lowest BCUT2D eigenvalue weighted by Crippen LogP contribution is -1.90. The molecule has 1 unspecified atom stereocenters. The molecular weight excluding hydrogens is 264 g/mol. The van der Waals surface area contributed by atoms with Gasteiger partial charge in [-0.2, -0.15) is 4.40 Å². The maximum Gasteiger partial charge on any atom is 0.269 e. The second-order valence-electron chi connectivity index (χ2n) is 3.65. The first-order valence-electron chi connectivity index (χ1n) is 5.42. The molecule has 0 spiro atoms. The Morgan fingerprint density at radius 1 is 1.05 bits per heavy atom. The minimum atomic E-state index is -1.46. The molecule has 0 amide bonds. The van der Waals surface area contributed by atoms with Crippen molar-refractivity contribution in [3.63, 3.8) is 0 Å². The summed E-state index contributed by atoms with van der Waals surface area (Å²) in [7, 11) is -1.46. The Bertz CT molecular complexity index is 624. The first-order valence-corrected chi connectivity index (χ1v) is 6.53. The van der Waals surface area contributed by atoms with Crippen LogP contribution in [0, 0.1) is 10.1 Å². The van der Waals surface area contributed by atoms with Gasteiger partial charge in [-0.3, -0.25) is 10.1 Å². The standard InChI is InChI=1S/C13H10N2O3S/c16-15(17)12-8-6-11(7-9-12)10-14-19(18)13-4-2-1-3-5-13/h1-10H/b14-10+. The van der Waals surface area contributed by atoms with Gasteiger partial charge in [-0.25, -0.2) is 4.21 Å². The highest BCUT2D eigenvalue weighted by Gasteiger charge is 2.03. The summed E-state index contributed by atoms with van der Waals surface area (Å²) in [5.74, 6) is 0. The summed E-state index contributed by atoms with van der Waals surface area (Å²) < 4.78 is 15.7. The molecule has 96 valence electrons. The normalized spacial score (nSPS) is 12.4. The second-order valence-corrected chi connectivity index (χ2v) is 4.83. The van der Waals surface area contributed by atoms with Crippen molar-refractivity contribution in [3.05, 3.63) is 70.3 Å². The van der Waals surface area contributed by atoms with E-state index < -0.39 is 15.9 Å². The van der Waals surface area contributed by atoms with E-state index in [0.717, 1.165) is 0 Å². The van der Waals surface area contributed by atoms with Crippen LogP contribution >= 0.6 is 0 Å². The molecule has 0 aliphatic rings. The van der Waals surface area contributed by atoms with Crippen molar-refractivity contribution in [3.8, 4) is 0 Å². The highest BCUT2D eigenvalue weighted by molar-refractivity contribution is 7.83. The van der Waals surface area contributed by atoms with E-state index >= 15 is 0 Å². The molecule has 19 heavy (non-hydrogen) atoms. The monoisotopic (exact) mass is 274 g/mol. The van der Waals surface area contributed by atoms with Crippen LogP contribution in [0.2, 0.25) is 0 Å². The average Bonchev–Trinajstić information content (AvgIpc) is 2.46. The summed E-state index contributed by atoms with van der Waals surface area (Å²) >= 11 is 0. The number of non-ortho nitro benzene ring substituents is 1. The minimum absolute atomic E-state index is 0.0151. The molecule has 0 aliphatic heterocycles. The van der Waals surface area contributed by atoms with Crippen LogP contribution in [0.4, 0.5) is 5.69 Å². The number of nitro benzene ring substituents is 1. The molecule has 6 heteroatoms. The van der Waals surface area contributed by atoms with E-state index in [4.69, 9.17) is 0 Å². The Morgan fingerprint density at radius 3 is 2.26 bits per heavy atom. The Balaban J connectivity index is 2.10. The number of hydrogen-bond donors (Lipinski definition) is 0. The summed E-state index contributed by atoms with van der Waals surface area (Å²) in [6.07, 6.45) is 1.44. The zero-order valence-electron chi connectivity index (χ0n) is 9.80. The maximum absolute atomic E-state index is 11.8. The van der Waals surface area contributed by atoms with Gasteiger partial charge in [0.25, 0.3) is 5.69 Å². The van der Waals surface area contributed by atoms with Crippen LogP contribution in [-0.4, -0.2) is 15.3 Å². The van der Waals surface area contributed by atoms with Crippen LogP contribution in [0.5, 0.6) is 0 Å². The molecule has 2 aromatic carbocycles. The van der Waals surface area contributed by atoms with Gasteiger partial charge >= 0.3 is 0 Å². The van der Waals surface area contributed by atoms with Gasteiger partial charge in [0.1, 0.15) is 0 Å². The van der Waals surface area contributed by atoms with Crippen molar-refractivity contribution in [2.45, 2.75) is 4.90 Å². The quantitative estimate of drug-likeness (QED) is 0.489. The lowest BCUT2D eigenvalue weighted by molar-refractivity contribution is -0.384. The molecule has 0 N–H and O–H groups in total. The number of hydrogen-bond acceptors (Lipinski definition) is 3. The first-order chi connectivity index (χ1) is 9.16. The van der Waals surface area contributed by atoms with Crippen molar-refractivity contribution in [2.24, 2.45) is 4.40 Å². The number of benzene rings is 2. The number of nitrogens with zero attached hydrogens (tertiary/aromatic N) is 2. The molecule has 0 saturated heterocycles. The predicted molar refractivity (Wildman–Crippen MR) is 73.5 cm³/mol. The van der Waals surface area contributed by atoms with Crippen molar-refractivity contribution in [2.75, 3.05) is 0 Å². The Morgan fingerprint density at radius 2 is 1.68 bits per heavy atom. The Labute approximate surface area is 112 Å². The second kappa shape index (κ2) is 6.01. The summed E-state index contributed by atoms with van der Waals surface area (Å²) in [5, 5.41) is 10.5. The molecule has 0 radical (unpaired) electrons. The van der Waals surface area contributed by atoms with Crippen LogP contribution in [0.25, 0.3) is 0 Å². The van der Waals surface area contributed by atoms with Crippen molar-refractivity contribution >= 4 is 22.9 Å². The molecule has 2 rings (SSSR count). The van der Waals surface area contributed by atoms with E-state index in [1.165, 1.54) is 18.3 Å². The van der Waals surface area contributed by atoms with Crippen LogP contribution in [0.1, 0.15) is 5.56 Å². The molecule has 0 saturated carbocycles. The van der Waals surface area contributed by atoms with Gasteiger partial charge in [0.15, 0.2) is 11.0 Å². The molecule has 0 heterocycles. The van der Waals surface area contributed by atoms with E-state index in [0.29, 0.717) is 10.5 Å². The predicted octanol–water partition coefficient (Wildman–Crippen LogP) is 2.74. The van der Waals surface area contributed by atoms with Gasteiger partial charge in [-0.05, 0) is 29.8 Å². The smallest absolute Gasteiger partial charge is 0.258 e. The van der Waals surface area contributed by atoms with Gasteiger partial charge in [-0.15, -0.1) is 0 Å². The molecule has 0 bridgehead atoms. The molecule has 0 aliphatic carbocycles. The largest absolute Gasteiger partial charge is 0.269 e. The summed E-state index contributed by atoms with van der Waals surface area (Å²) in [6.45, 7) is 0. The molecule has 5 nitrogen and oxygen atoms in total. The molecule has 1 atom stereocenters. The fourth-order valence-electron chi connectivity index (χ4n) is 1.39. The van der Waals surface area contributed by atoms with E-state index in [1.54, 1.807) is 36.4 Å². The van der Waals surface area contributed by atoms with Gasteiger partial charge in [0.2, 0.25) is 0 Å². The zero-order chi connectivity index (χ0) is 13.7. The minimum Gasteiger partial charge on any atom is -0.258 e. The Hall–Kier alpha value is -2.34. The Kier molecular flexibility index (Phi) is 4.15. The van der Waals surface area contributed by atoms with Crippen LogP contribution in [-0.2, 0) is 11.0 Å². The summed E-state index contributed by atoms with van der Waals surface area (Å²) in [5.41, 5.74) is 0.677. The SMILES string of the molecule is O=[N+]([O-])c1ccc(/C=N/S(=O)c2ccccc2)cc1. The number of nitro groups is 1. The first kappa shape index (κ1) is 13.1. The lowest BCUT2D eigenvalue weighted by Gasteiger charge is -1.95. The molecule has 0 fully saturated rings. The van der Waals surface area contributed by atoms with E-state index in [2.05, 4.69) is 4.40 Å². The fraction of sp³-hybridized carbons (Fsp3) is 0. The van der Waals surface area contributed by atoms with E-state index in [-0.39, 0.29) is 5.69 Å². The van der Waals surface area contributed by atoms with Crippen LogP contribution in [0.3, 0.4) is 0 Å². The third kappa shape index (κ3) is 3.56. The highest BCUT2D eigenvalue weighted by Crippen LogP contribution is 2.11. The topological polar surface area (TPSA) is 72.6 Å². The van der Waals surface area contributed by atoms with Crippen molar-refractivity contribution < 1.29 is 9.13 Å². The third-order valence-corrected chi connectivity index (χ3v) is 3.32. The van der Waals surface area contributed by atoms with Crippen LogP contribution < -0.4 is 0 Å². The summed E-state index contributed by atoms with van der Waals surface area (Å²) in [6, 6.07) is 14.7. The maximum atomic E-state index is 11.8. The van der Waals surface area contributed by atoms with Crippen molar-refractivity contribution in [1.29, 1.82) is 0 Å². The molecular formula is C13H10N2O3S. The third-order valence-electron chi connectivity index (χ3n) is 2.35. The average molecular weight is 274 g/mol. The van der Waals surface area contributed by atoms with E-state index in [9.17, 15) is 14.3 Å². The van der Waals surface area contributed by atoms with Gasteiger partial charge in [0, 0.05) is 18.3 Å². The van der Waals surface area contributed by atoms with Gasteiger partial charge in [-0.1, -0.05) is 18.2 Å². The van der Waals surface area contributed by atoms with E-state index in [1.807, 2.05) is 6.07 Å². The lowest BCUT2D eigenvalue weighted by atomic mass is 10.2. The highest BCUT2D eigenvalue weighted by atomic mass is 32.2. The molecule has 0 aromatic heterocycles. The molecule has 2 aromatic rings. The van der Waals surface area contributed by atoms with Gasteiger partial charge < -0.3 is 0 Å². The van der Waals surface area contributed by atoms with Crippen LogP contribution in [0.15, 0.2) is 63.9 Å². The fourth-order valence-corrected chi connectivity index (χ4v) is 2.12. The summed E-state index contributed by atoms with van der Waals surface area (Å²) in [4.78, 5) is 10.6.